The van der Waals surface area contributed by atoms with Crippen molar-refractivity contribution in [2.75, 3.05) is 31.4 Å². The Hall–Kier alpha value is -3.35. The van der Waals surface area contributed by atoms with E-state index in [1.165, 1.54) is 6.07 Å². The van der Waals surface area contributed by atoms with Crippen molar-refractivity contribution in [3.8, 4) is 11.5 Å². The van der Waals surface area contributed by atoms with E-state index in [-0.39, 0.29) is 5.82 Å². The molecule has 3 rings (SSSR count). The van der Waals surface area contributed by atoms with Crippen LogP contribution in [0, 0.1) is 12.7 Å². The van der Waals surface area contributed by atoms with Crippen molar-refractivity contribution in [2.45, 2.75) is 13.3 Å². The van der Waals surface area contributed by atoms with Crippen molar-refractivity contribution < 1.29 is 13.9 Å². The molecule has 3 aromatic rings. The maximum atomic E-state index is 13.7. The summed E-state index contributed by atoms with van der Waals surface area (Å²) in [5.74, 6) is 3.07. The maximum absolute atomic E-state index is 13.7. The average molecular weight is 382 g/mol. The molecule has 146 valence electrons. The van der Waals surface area contributed by atoms with Gasteiger partial charge in [-0.25, -0.2) is 14.4 Å². The lowest BCUT2D eigenvalue weighted by Gasteiger charge is -2.14. The molecule has 0 saturated carbocycles. The van der Waals surface area contributed by atoms with Gasteiger partial charge in [0, 0.05) is 18.7 Å². The lowest BCUT2D eigenvalue weighted by atomic mass is 10.1. The van der Waals surface area contributed by atoms with Gasteiger partial charge < -0.3 is 20.1 Å². The van der Waals surface area contributed by atoms with Crippen LogP contribution in [0.1, 0.15) is 11.4 Å². The Labute approximate surface area is 163 Å². The van der Waals surface area contributed by atoms with Crippen molar-refractivity contribution >= 4 is 17.3 Å². The summed E-state index contributed by atoms with van der Waals surface area (Å²) in [7, 11) is 3.21. The summed E-state index contributed by atoms with van der Waals surface area (Å²) < 4.78 is 24.4. The van der Waals surface area contributed by atoms with Crippen LogP contribution in [-0.2, 0) is 6.42 Å². The molecular weight excluding hydrogens is 359 g/mol. The number of ether oxygens (including phenoxy) is 2. The normalized spacial score (nSPS) is 10.4. The zero-order valence-electron chi connectivity index (χ0n) is 16.1. The van der Waals surface area contributed by atoms with Crippen LogP contribution in [-0.4, -0.2) is 30.7 Å². The highest BCUT2D eigenvalue weighted by atomic mass is 19.1. The summed E-state index contributed by atoms with van der Waals surface area (Å²) in [6.45, 7) is 2.37. The van der Waals surface area contributed by atoms with Crippen LogP contribution >= 0.6 is 0 Å². The zero-order chi connectivity index (χ0) is 19.9. The molecule has 0 atom stereocenters. The minimum absolute atomic E-state index is 0.198. The van der Waals surface area contributed by atoms with E-state index in [4.69, 9.17) is 9.47 Å². The highest BCUT2D eigenvalue weighted by molar-refractivity contribution is 5.67. The van der Waals surface area contributed by atoms with E-state index < -0.39 is 0 Å². The number of methoxy groups -OCH3 is 2. The van der Waals surface area contributed by atoms with Gasteiger partial charge in [0.2, 0.25) is 0 Å². The number of rotatable bonds is 8. The van der Waals surface area contributed by atoms with Crippen LogP contribution in [0.3, 0.4) is 0 Å². The first kappa shape index (κ1) is 19.4. The number of hydrogen-bond acceptors (Lipinski definition) is 6. The topological polar surface area (TPSA) is 68.3 Å². The Morgan fingerprint density at radius 2 is 1.75 bits per heavy atom. The molecule has 1 aromatic heterocycles. The summed E-state index contributed by atoms with van der Waals surface area (Å²) in [5, 5.41) is 6.47. The number of nitrogens with one attached hydrogen (secondary N) is 2. The number of nitrogens with zero attached hydrogens (tertiary/aromatic N) is 2. The lowest BCUT2D eigenvalue weighted by Crippen LogP contribution is -2.09. The molecule has 2 aromatic carbocycles. The predicted molar refractivity (Wildman–Crippen MR) is 108 cm³/mol. The molecule has 0 unspecified atom stereocenters. The second-order valence-corrected chi connectivity index (χ2v) is 6.15. The first-order chi connectivity index (χ1) is 13.6. The Morgan fingerprint density at radius 3 is 2.50 bits per heavy atom. The molecular formula is C21H23FN4O2. The summed E-state index contributed by atoms with van der Waals surface area (Å²) in [6, 6.07) is 14.0. The van der Waals surface area contributed by atoms with E-state index in [9.17, 15) is 4.39 Å². The molecule has 0 bridgehead atoms. The number of aromatic nitrogens is 2. The molecule has 0 radical (unpaired) electrons. The average Bonchev–Trinajstić information content (AvgIpc) is 2.69. The Balaban J connectivity index is 1.72. The predicted octanol–water partition coefficient (Wildman–Crippen LogP) is 4.34. The largest absolute Gasteiger partial charge is 0.497 e. The first-order valence-corrected chi connectivity index (χ1v) is 8.91. The van der Waals surface area contributed by atoms with Crippen LogP contribution in [0.5, 0.6) is 11.5 Å². The van der Waals surface area contributed by atoms with Crippen molar-refractivity contribution in [3.63, 3.8) is 0 Å². The van der Waals surface area contributed by atoms with Crippen LogP contribution in [0.25, 0.3) is 0 Å². The molecule has 0 aliphatic heterocycles. The fraction of sp³-hybridized carbons (Fsp3) is 0.238. The van der Waals surface area contributed by atoms with Gasteiger partial charge in [0.25, 0.3) is 0 Å². The van der Waals surface area contributed by atoms with Gasteiger partial charge in [-0.1, -0.05) is 18.2 Å². The second kappa shape index (κ2) is 9.03. The minimum atomic E-state index is -0.198. The maximum Gasteiger partial charge on any atom is 0.142 e. The highest BCUT2D eigenvalue weighted by Crippen LogP contribution is 2.31. The van der Waals surface area contributed by atoms with Gasteiger partial charge in [-0.15, -0.1) is 0 Å². The zero-order valence-corrected chi connectivity index (χ0v) is 16.1. The standard InChI is InChI=1S/C21H23FN4O2/c1-14-24-20(23-11-10-15-6-4-5-7-17(15)22)13-21(25-14)26-18-12-16(27-2)8-9-19(18)28-3/h4-9,12-13H,10-11H2,1-3H3,(H2,23,24,25,26). The van der Waals surface area contributed by atoms with Crippen molar-refractivity contribution in [2.24, 2.45) is 0 Å². The molecule has 28 heavy (non-hydrogen) atoms. The molecule has 2 N–H and O–H groups in total. The highest BCUT2D eigenvalue weighted by Gasteiger charge is 2.08. The Morgan fingerprint density at radius 1 is 0.964 bits per heavy atom. The van der Waals surface area contributed by atoms with Crippen molar-refractivity contribution in [1.82, 2.24) is 9.97 Å². The van der Waals surface area contributed by atoms with Crippen molar-refractivity contribution in [1.29, 1.82) is 0 Å². The fourth-order valence-electron chi connectivity index (χ4n) is 2.80. The molecule has 6 nitrogen and oxygen atoms in total. The third kappa shape index (κ3) is 4.88. The molecule has 0 aliphatic rings. The second-order valence-electron chi connectivity index (χ2n) is 6.15. The van der Waals surface area contributed by atoms with Gasteiger partial charge >= 0.3 is 0 Å². The number of hydrogen-bond donors (Lipinski definition) is 2. The first-order valence-electron chi connectivity index (χ1n) is 8.91. The van der Waals surface area contributed by atoms with Gasteiger partial charge in [-0.05, 0) is 37.1 Å². The molecule has 0 aliphatic carbocycles. The number of anilines is 3. The van der Waals surface area contributed by atoms with Crippen LogP contribution in [0.15, 0.2) is 48.5 Å². The van der Waals surface area contributed by atoms with E-state index in [1.807, 2.05) is 31.2 Å². The summed E-state index contributed by atoms with van der Waals surface area (Å²) in [6.07, 6.45) is 0.558. The number of benzene rings is 2. The van der Waals surface area contributed by atoms with Crippen LogP contribution in [0.4, 0.5) is 21.7 Å². The van der Waals surface area contributed by atoms with E-state index in [0.717, 1.165) is 5.69 Å². The summed E-state index contributed by atoms with van der Waals surface area (Å²) >= 11 is 0. The van der Waals surface area contributed by atoms with Gasteiger partial charge in [0.15, 0.2) is 0 Å². The Kier molecular flexibility index (Phi) is 6.26. The van der Waals surface area contributed by atoms with Gasteiger partial charge in [0.1, 0.15) is 34.8 Å². The molecule has 1 heterocycles. The number of halogens is 1. The lowest BCUT2D eigenvalue weighted by molar-refractivity contribution is 0.405. The monoisotopic (exact) mass is 382 g/mol. The molecule has 0 amide bonds. The SMILES string of the molecule is COc1ccc(OC)c(Nc2cc(NCCc3ccccc3F)nc(C)n2)c1. The van der Waals surface area contributed by atoms with E-state index >= 15 is 0 Å². The van der Waals surface area contributed by atoms with Crippen molar-refractivity contribution in [3.05, 3.63) is 65.7 Å². The minimum Gasteiger partial charge on any atom is -0.497 e. The van der Waals surface area contributed by atoms with Gasteiger partial charge in [-0.3, -0.25) is 0 Å². The van der Waals surface area contributed by atoms with Crippen LogP contribution < -0.4 is 20.1 Å². The smallest absolute Gasteiger partial charge is 0.142 e. The van der Waals surface area contributed by atoms with E-state index in [1.54, 1.807) is 32.4 Å². The quantitative estimate of drug-likeness (QED) is 0.604. The Bertz CT molecular complexity index is 949. The van der Waals surface area contributed by atoms with Gasteiger partial charge in [0.05, 0.1) is 19.9 Å². The van der Waals surface area contributed by atoms with E-state index in [0.29, 0.717) is 47.5 Å². The fourth-order valence-corrected chi connectivity index (χ4v) is 2.80. The summed E-state index contributed by atoms with van der Waals surface area (Å²) in [5.41, 5.74) is 1.40. The van der Waals surface area contributed by atoms with Gasteiger partial charge in [-0.2, -0.15) is 0 Å². The van der Waals surface area contributed by atoms with Crippen LogP contribution in [0.2, 0.25) is 0 Å². The molecule has 0 spiro atoms. The third-order valence-corrected chi connectivity index (χ3v) is 4.17. The molecule has 7 heteroatoms. The number of aryl methyl sites for hydroxylation is 1. The molecule has 0 fully saturated rings. The summed E-state index contributed by atoms with van der Waals surface area (Å²) in [4.78, 5) is 8.82. The van der Waals surface area contributed by atoms with E-state index in [2.05, 4.69) is 20.6 Å². The third-order valence-electron chi connectivity index (χ3n) is 4.17. The molecule has 0 saturated heterocycles.